The zero-order valence-corrected chi connectivity index (χ0v) is 15.6. The molecule has 0 amide bonds. The van der Waals surface area contributed by atoms with E-state index in [9.17, 15) is 13.2 Å². The standard InChI is InChI=1S/C20H29F3S/c1-18-8-7-14-12(13(18)5-6-17(18)20(21,22)23)4-3-11-9-15-16(24-15)10-19(11,14)2/h11-17H,3-10H2,1-2H3/t11-,12-,13-,14-,15?,16?,17+,18-,19-/m0/s1. The smallest absolute Gasteiger partial charge is 0.171 e. The number of hydrogen-bond acceptors (Lipinski definition) is 1. The average Bonchev–Trinajstić information content (AvgIpc) is 3.11. The molecule has 0 aromatic heterocycles. The Hall–Kier alpha value is 0.140. The van der Waals surface area contributed by atoms with Crippen LogP contribution in [0.5, 0.6) is 0 Å². The van der Waals surface area contributed by atoms with E-state index in [4.69, 9.17) is 0 Å². The lowest BCUT2D eigenvalue weighted by atomic mass is 9.45. The van der Waals surface area contributed by atoms with E-state index in [1.54, 1.807) is 0 Å². The maximum atomic E-state index is 13.6. The second kappa shape index (κ2) is 4.89. The highest BCUT2D eigenvalue weighted by atomic mass is 32.2. The lowest BCUT2D eigenvalue weighted by Gasteiger charge is -2.60. The van der Waals surface area contributed by atoms with Crippen LogP contribution in [-0.2, 0) is 0 Å². The fourth-order valence-corrected chi connectivity index (χ4v) is 9.42. The minimum Gasteiger partial charge on any atom is -0.171 e. The zero-order chi connectivity index (χ0) is 16.9. The first kappa shape index (κ1) is 16.3. The number of fused-ring (bicyclic) bond motifs is 6. The molecule has 1 aliphatic heterocycles. The Morgan fingerprint density at radius 2 is 1.62 bits per heavy atom. The van der Waals surface area contributed by atoms with Gasteiger partial charge >= 0.3 is 6.18 Å². The summed E-state index contributed by atoms with van der Waals surface area (Å²) < 4.78 is 40.8. The van der Waals surface area contributed by atoms with Crippen LogP contribution < -0.4 is 0 Å². The van der Waals surface area contributed by atoms with E-state index in [0.29, 0.717) is 29.6 Å². The van der Waals surface area contributed by atoms with Crippen LogP contribution in [0.2, 0.25) is 0 Å². The van der Waals surface area contributed by atoms with Gasteiger partial charge in [0.05, 0.1) is 5.92 Å². The zero-order valence-electron chi connectivity index (χ0n) is 14.7. The first-order valence-corrected chi connectivity index (χ1v) is 10.9. The molecule has 0 aromatic rings. The average molecular weight is 359 g/mol. The van der Waals surface area contributed by atoms with Crippen molar-refractivity contribution >= 4 is 11.8 Å². The molecule has 5 fully saturated rings. The van der Waals surface area contributed by atoms with Gasteiger partial charge < -0.3 is 0 Å². The van der Waals surface area contributed by atoms with Crippen LogP contribution in [0.4, 0.5) is 13.2 Å². The maximum Gasteiger partial charge on any atom is 0.392 e. The predicted octanol–water partition coefficient (Wildman–Crippen LogP) is 6.30. The van der Waals surface area contributed by atoms with E-state index < -0.39 is 17.5 Å². The van der Waals surface area contributed by atoms with Crippen molar-refractivity contribution in [2.45, 2.75) is 81.9 Å². The van der Waals surface area contributed by atoms with Crippen molar-refractivity contribution in [3.8, 4) is 0 Å². The molecule has 1 heterocycles. The minimum absolute atomic E-state index is 0.324. The van der Waals surface area contributed by atoms with Gasteiger partial charge in [-0.2, -0.15) is 24.9 Å². The molecule has 136 valence electrons. The molecule has 4 saturated carbocycles. The Balaban J connectivity index is 1.45. The summed E-state index contributed by atoms with van der Waals surface area (Å²) in [4.78, 5) is 0. The molecule has 0 radical (unpaired) electrons. The van der Waals surface area contributed by atoms with Crippen LogP contribution in [0.1, 0.15) is 65.2 Å². The molecule has 0 spiro atoms. The summed E-state index contributed by atoms with van der Waals surface area (Å²) in [5, 5.41) is 1.80. The molecule has 24 heavy (non-hydrogen) atoms. The highest BCUT2D eigenvalue weighted by molar-refractivity contribution is 8.07. The third-order valence-corrected chi connectivity index (χ3v) is 10.7. The molecule has 4 aliphatic carbocycles. The molecular weight excluding hydrogens is 329 g/mol. The Kier molecular flexibility index (Phi) is 3.33. The van der Waals surface area contributed by atoms with Crippen molar-refractivity contribution in [3.05, 3.63) is 0 Å². The summed E-state index contributed by atoms with van der Waals surface area (Å²) in [6, 6.07) is 0. The van der Waals surface area contributed by atoms with Gasteiger partial charge in [-0.25, -0.2) is 0 Å². The van der Waals surface area contributed by atoms with Crippen molar-refractivity contribution in [1.82, 2.24) is 0 Å². The van der Waals surface area contributed by atoms with Gasteiger partial charge in [-0.1, -0.05) is 13.8 Å². The van der Waals surface area contributed by atoms with E-state index in [0.717, 1.165) is 35.7 Å². The minimum atomic E-state index is -4.00. The molecule has 0 aromatic carbocycles. The van der Waals surface area contributed by atoms with Crippen molar-refractivity contribution in [1.29, 1.82) is 0 Å². The number of rotatable bonds is 0. The van der Waals surface area contributed by atoms with E-state index in [2.05, 4.69) is 18.7 Å². The predicted molar refractivity (Wildman–Crippen MR) is 91.8 cm³/mol. The van der Waals surface area contributed by atoms with Crippen molar-refractivity contribution < 1.29 is 13.2 Å². The van der Waals surface area contributed by atoms with Gasteiger partial charge in [-0.05, 0) is 85.9 Å². The Morgan fingerprint density at radius 3 is 2.38 bits per heavy atom. The van der Waals surface area contributed by atoms with Gasteiger partial charge in [-0.3, -0.25) is 0 Å². The van der Waals surface area contributed by atoms with Gasteiger partial charge in [0.15, 0.2) is 0 Å². The maximum absolute atomic E-state index is 13.6. The van der Waals surface area contributed by atoms with E-state index >= 15 is 0 Å². The summed E-state index contributed by atoms with van der Waals surface area (Å²) >= 11 is 2.18. The fourth-order valence-electron chi connectivity index (χ4n) is 8.06. The number of alkyl halides is 3. The van der Waals surface area contributed by atoms with Crippen molar-refractivity contribution in [3.63, 3.8) is 0 Å². The SMILES string of the molecule is C[C@]12CC3SC3C[C@@H]1CC[C@@H]1[C@@H]2CC[C@@]2(C)[C@H]1CC[C@H]2C(F)(F)F. The first-order chi connectivity index (χ1) is 11.2. The van der Waals surface area contributed by atoms with Crippen molar-refractivity contribution in [2.24, 2.45) is 40.4 Å². The van der Waals surface area contributed by atoms with Crippen LogP contribution in [0.3, 0.4) is 0 Å². The molecular formula is C20H29F3S. The molecule has 0 N–H and O–H groups in total. The second-order valence-corrected chi connectivity index (χ2v) is 11.5. The van der Waals surface area contributed by atoms with Crippen LogP contribution in [-0.4, -0.2) is 16.7 Å². The molecule has 0 nitrogen and oxygen atoms in total. The quantitative estimate of drug-likeness (QED) is 0.458. The largest absolute Gasteiger partial charge is 0.392 e. The molecule has 5 aliphatic rings. The lowest BCUT2D eigenvalue weighted by molar-refractivity contribution is -0.215. The summed E-state index contributed by atoms with van der Waals surface area (Å²) in [7, 11) is 0. The van der Waals surface area contributed by atoms with Gasteiger partial charge in [0, 0.05) is 10.5 Å². The molecule has 2 unspecified atom stereocenters. The second-order valence-electron chi connectivity index (χ2n) is 10.0. The molecule has 1 saturated heterocycles. The lowest BCUT2D eigenvalue weighted by Crippen LogP contribution is -2.54. The van der Waals surface area contributed by atoms with Crippen molar-refractivity contribution in [2.75, 3.05) is 0 Å². The summed E-state index contributed by atoms with van der Waals surface area (Å²) in [6.07, 6.45) is 4.30. The number of halogens is 3. The molecule has 0 bridgehead atoms. The summed E-state index contributed by atoms with van der Waals surface area (Å²) in [5.74, 6) is 1.39. The highest BCUT2D eigenvalue weighted by Crippen LogP contribution is 2.71. The Morgan fingerprint density at radius 1 is 0.875 bits per heavy atom. The fraction of sp³-hybridized carbons (Fsp3) is 1.00. The van der Waals surface area contributed by atoms with Crippen LogP contribution in [0, 0.1) is 40.4 Å². The summed E-state index contributed by atoms with van der Waals surface area (Å²) in [6.45, 7) is 4.50. The van der Waals surface area contributed by atoms with E-state index in [1.165, 1.54) is 25.7 Å². The number of hydrogen-bond donors (Lipinski definition) is 0. The highest BCUT2D eigenvalue weighted by Gasteiger charge is 2.66. The summed E-state index contributed by atoms with van der Waals surface area (Å²) in [5.41, 5.74) is -0.0562. The molecule has 4 heteroatoms. The van der Waals surface area contributed by atoms with E-state index in [1.807, 2.05) is 6.92 Å². The first-order valence-electron chi connectivity index (χ1n) is 9.95. The number of thioether (sulfide) groups is 1. The third kappa shape index (κ3) is 2.07. The third-order valence-electron chi connectivity index (χ3n) is 9.31. The normalized spacial score (nSPS) is 59.1. The Bertz CT molecular complexity index is 545. The van der Waals surface area contributed by atoms with E-state index in [-0.39, 0.29) is 0 Å². The topological polar surface area (TPSA) is 0 Å². The van der Waals surface area contributed by atoms with Gasteiger partial charge in [0.2, 0.25) is 0 Å². The Labute approximate surface area is 147 Å². The van der Waals surface area contributed by atoms with Gasteiger partial charge in [-0.15, -0.1) is 0 Å². The van der Waals surface area contributed by atoms with Gasteiger partial charge in [0.1, 0.15) is 0 Å². The van der Waals surface area contributed by atoms with Gasteiger partial charge in [0.25, 0.3) is 0 Å². The monoisotopic (exact) mass is 358 g/mol. The van der Waals surface area contributed by atoms with Crippen LogP contribution in [0.25, 0.3) is 0 Å². The van der Waals surface area contributed by atoms with Crippen LogP contribution in [0.15, 0.2) is 0 Å². The molecule has 9 atom stereocenters. The van der Waals surface area contributed by atoms with Crippen LogP contribution >= 0.6 is 11.8 Å². The molecule has 5 rings (SSSR count).